The molecule has 6 heteroatoms. The quantitative estimate of drug-likeness (QED) is 0.519. The number of hydrogen-bond donors (Lipinski definition) is 2. The van der Waals surface area contributed by atoms with Crippen LogP contribution in [0.25, 0.3) is 11.5 Å². The fraction of sp³-hybridized carbons (Fsp3) is 0.200. The number of halogens is 1. The number of aryl methyl sites for hydroxylation is 1. The average Bonchev–Trinajstić information content (AvgIpc) is 3.11. The Balaban J connectivity index is 1.55. The summed E-state index contributed by atoms with van der Waals surface area (Å²) in [5, 5.41) is 3.09. The summed E-state index contributed by atoms with van der Waals surface area (Å²) in [7, 11) is 0. The number of rotatable bonds is 6. The first kappa shape index (κ1) is 17.7. The summed E-state index contributed by atoms with van der Waals surface area (Å²) >= 11 is 0. The van der Waals surface area contributed by atoms with E-state index in [-0.39, 0.29) is 5.82 Å². The van der Waals surface area contributed by atoms with Gasteiger partial charge in [0, 0.05) is 24.2 Å². The van der Waals surface area contributed by atoms with E-state index in [4.69, 9.17) is 10.2 Å². The van der Waals surface area contributed by atoms with Crippen LogP contribution in [0, 0.1) is 5.82 Å². The zero-order chi connectivity index (χ0) is 18.4. The maximum atomic E-state index is 13.0. The monoisotopic (exact) mass is 352 g/mol. The molecule has 5 nitrogen and oxygen atoms in total. The van der Waals surface area contributed by atoms with Crippen LogP contribution < -0.4 is 11.1 Å². The predicted molar refractivity (Wildman–Crippen MR) is 102 cm³/mol. The van der Waals surface area contributed by atoms with Crippen molar-refractivity contribution in [2.45, 2.75) is 19.8 Å². The van der Waals surface area contributed by atoms with E-state index in [1.807, 2.05) is 12.1 Å². The lowest BCUT2D eigenvalue weighted by atomic mass is 10.1. The third kappa shape index (κ3) is 4.69. The van der Waals surface area contributed by atoms with Crippen molar-refractivity contribution in [2.75, 3.05) is 11.9 Å². The van der Waals surface area contributed by atoms with E-state index in [1.54, 1.807) is 18.4 Å². The number of oxazole rings is 1. The first-order valence-electron chi connectivity index (χ1n) is 8.50. The molecule has 0 amide bonds. The van der Waals surface area contributed by atoms with Crippen LogP contribution in [0.3, 0.4) is 0 Å². The van der Waals surface area contributed by atoms with E-state index < -0.39 is 0 Å². The van der Waals surface area contributed by atoms with Gasteiger partial charge in [0.1, 0.15) is 12.1 Å². The average molecular weight is 352 g/mol. The van der Waals surface area contributed by atoms with Crippen LogP contribution in [0.4, 0.5) is 10.1 Å². The molecule has 3 aromatic rings. The maximum Gasteiger partial charge on any atom is 0.226 e. The Kier molecular flexibility index (Phi) is 5.63. The minimum atomic E-state index is -0.290. The number of guanidine groups is 1. The highest BCUT2D eigenvalue weighted by Crippen LogP contribution is 2.19. The molecule has 0 unspecified atom stereocenters. The molecular weight excluding hydrogens is 331 g/mol. The first-order chi connectivity index (χ1) is 12.6. The molecular formula is C20H21FN4O. The van der Waals surface area contributed by atoms with Crippen LogP contribution in [0.5, 0.6) is 0 Å². The molecule has 0 spiro atoms. The van der Waals surface area contributed by atoms with E-state index in [1.165, 1.54) is 17.7 Å². The second-order valence-electron chi connectivity index (χ2n) is 5.85. The van der Waals surface area contributed by atoms with Crippen molar-refractivity contribution in [1.29, 1.82) is 0 Å². The van der Waals surface area contributed by atoms with Gasteiger partial charge in [-0.25, -0.2) is 9.37 Å². The highest BCUT2D eigenvalue weighted by atomic mass is 19.1. The van der Waals surface area contributed by atoms with Gasteiger partial charge in [-0.05, 0) is 48.4 Å². The normalized spacial score (nSPS) is 11.5. The number of nitrogens with two attached hydrogens (primary N) is 1. The van der Waals surface area contributed by atoms with Crippen LogP contribution in [0.15, 0.2) is 64.2 Å². The van der Waals surface area contributed by atoms with E-state index in [9.17, 15) is 4.39 Å². The predicted octanol–water partition coefficient (Wildman–Crippen LogP) is 4.01. The van der Waals surface area contributed by atoms with Crippen LogP contribution in [-0.4, -0.2) is 17.5 Å². The Morgan fingerprint density at radius 1 is 1.23 bits per heavy atom. The zero-order valence-corrected chi connectivity index (χ0v) is 14.6. The number of benzene rings is 2. The largest absolute Gasteiger partial charge is 0.444 e. The van der Waals surface area contributed by atoms with E-state index in [0.29, 0.717) is 24.8 Å². The number of anilines is 1. The third-order valence-electron chi connectivity index (χ3n) is 3.90. The Bertz CT molecular complexity index is 887. The van der Waals surface area contributed by atoms with Crippen molar-refractivity contribution in [1.82, 2.24) is 4.98 Å². The Morgan fingerprint density at radius 3 is 2.81 bits per heavy atom. The van der Waals surface area contributed by atoms with Gasteiger partial charge in [-0.2, -0.15) is 0 Å². The molecule has 0 bridgehead atoms. The Hall–Kier alpha value is -3.15. The fourth-order valence-electron chi connectivity index (χ4n) is 2.49. The van der Waals surface area contributed by atoms with Crippen LogP contribution in [0.1, 0.15) is 18.2 Å². The van der Waals surface area contributed by atoms with Crippen molar-refractivity contribution < 1.29 is 8.81 Å². The molecule has 3 N–H and O–H groups in total. The van der Waals surface area contributed by atoms with Crippen molar-refractivity contribution in [3.05, 3.63) is 71.9 Å². The van der Waals surface area contributed by atoms with E-state index in [2.05, 4.69) is 34.3 Å². The number of nitrogens with one attached hydrogen (secondary N) is 1. The highest BCUT2D eigenvalue weighted by Gasteiger charge is 2.06. The lowest BCUT2D eigenvalue weighted by Crippen LogP contribution is -2.23. The topological polar surface area (TPSA) is 76.4 Å². The van der Waals surface area contributed by atoms with Gasteiger partial charge in [-0.3, -0.25) is 4.99 Å². The highest BCUT2D eigenvalue weighted by molar-refractivity contribution is 5.92. The second-order valence-corrected chi connectivity index (χ2v) is 5.85. The molecule has 0 saturated carbocycles. The van der Waals surface area contributed by atoms with Gasteiger partial charge in [0.2, 0.25) is 5.89 Å². The second kappa shape index (κ2) is 8.29. The van der Waals surface area contributed by atoms with E-state index >= 15 is 0 Å². The van der Waals surface area contributed by atoms with Gasteiger partial charge in [-0.15, -0.1) is 0 Å². The number of aromatic nitrogens is 1. The van der Waals surface area contributed by atoms with Crippen molar-refractivity contribution in [3.63, 3.8) is 0 Å². The lowest BCUT2D eigenvalue weighted by molar-refractivity contribution is 0.572. The minimum absolute atomic E-state index is 0.290. The van der Waals surface area contributed by atoms with Gasteiger partial charge in [0.15, 0.2) is 5.96 Å². The molecule has 1 aromatic heterocycles. The fourth-order valence-corrected chi connectivity index (χ4v) is 2.49. The molecule has 0 saturated heterocycles. The molecule has 0 atom stereocenters. The molecule has 1 heterocycles. The van der Waals surface area contributed by atoms with Gasteiger partial charge >= 0.3 is 0 Å². The van der Waals surface area contributed by atoms with Crippen molar-refractivity contribution in [3.8, 4) is 11.5 Å². The third-order valence-corrected chi connectivity index (χ3v) is 3.90. The molecule has 2 aromatic carbocycles. The molecule has 26 heavy (non-hydrogen) atoms. The standard InChI is InChI=1S/C20H21FN4O/c1-2-14-4-3-5-17(12-14)25-20(22)23-11-10-18-13-26-19(24-18)15-6-8-16(21)9-7-15/h3-9,12-13H,2,10-11H2,1H3,(H3,22,23,25). The van der Waals surface area contributed by atoms with E-state index in [0.717, 1.165) is 23.4 Å². The van der Waals surface area contributed by atoms with Gasteiger partial charge in [-0.1, -0.05) is 19.1 Å². The summed E-state index contributed by atoms with van der Waals surface area (Å²) in [6, 6.07) is 14.1. The first-order valence-corrected chi connectivity index (χ1v) is 8.50. The van der Waals surface area contributed by atoms with Crippen LogP contribution in [0.2, 0.25) is 0 Å². The van der Waals surface area contributed by atoms with Gasteiger partial charge in [0.05, 0.1) is 5.69 Å². The summed E-state index contributed by atoms with van der Waals surface area (Å²) in [5.74, 6) is 0.536. The Morgan fingerprint density at radius 2 is 2.04 bits per heavy atom. The maximum absolute atomic E-state index is 13.0. The molecule has 0 aliphatic rings. The smallest absolute Gasteiger partial charge is 0.226 e. The summed E-state index contributed by atoms with van der Waals surface area (Å²) in [6.45, 7) is 2.59. The molecule has 0 aliphatic carbocycles. The molecule has 0 aliphatic heterocycles. The number of aliphatic imine (C=N–C) groups is 1. The van der Waals surface area contributed by atoms with Crippen LogP contribution in [-0.2, 0) is 12.8 Å². The number of nitrogens with zero attached hydrogens (tertiary/aromatic N) is 2. The summed E-state index contributed by atoms with van der Waals surface area (Å²) in [6.07, 6.45) is 3.15. The summed E-state index contributed by atoms with van der Waals surface area (Å²) in [5.41, 5.74) is 9.59. The van der Waals surface area contributed by atoms with Crippen molar-refractivity contribution in [2.24, 2.45) is 10.7 Å². The van der Waals surface area contributed by atoms with Gasteiger partial charge < -0.3 is 15.5 Å². The minimum Gasteiger partial charge on any atom is -0.444 e. The zero-order valence-electron chi connectivity index (χ0n) is 14.6. The Labute approximate surface area is 151 Å². The molecule has 0 fully saturated rings. The summed E-state index contributed by atoms with van der Waals surface area (Å²) < 4.78 is 18.4. The summed E-state index contributed by atoms with van der Waals surface area (Å²) in [4.78, 5) is 8.71. The molecule has 0 radical (unpaired) electrons. The SMILES string of the molecule is CCc1cccc(NC(N)=NCCc2coc(-c3ccc(F)cc3)n2)c1. The van der Waals surface area contributed by atoms with Gasteiger partial charge in [0.25, 0.3) is 0 Å². The number of hydrogen-bond acceptors (Lipinski definition) is 3. The van der Waals surface area contributed by atoms with Crippen molar-refractivity contribution >= 4 is 11.6 Å². The molecule has 3 rings (SSSR count). The lowest BCUT2D eigenvalue weighted by Gasteiger charge is -2.06. The molecule has 134 valence electrons. The van der Waals surface area contributed by atoms with Crippen LogP contribution >= 0.6 is 0 Å².